The SMILES string of the molecule is CN1CCCN/C1=C\C(=O)c1ccc(Cl)cc1. The zero-order chi connectivity index (χ0) is 12.3. The smallest absolute Gasteiger partial charge is 0.189 e. The van der Waals surface area contributed by atoms with Crippen LogP contribution in [0.3, 0.4) is 0 Å². The van der Waals surface area contributed by atoms with E-state index in [2.05, 4.69) is 10.2 Å². The van der Waals surface area contributed by atoms with Crippen molar-refractivity contribution in [1.29, 1.82) is 0 Å². The molecule has 2 rings (SSSR count). The molecule has 0 radical (unpaired) electrons. The monoisotopic (exact) mass is 250 g/mol. The molecule has 1 fully saturated rings. The molecule has 0 saturated carbocycles. The predicted molar refractivity (Wildman–Crippen MR) is 69.1 cm³/mol. The molecule has 0 bridgehead atoms. The fourth-order valence-electron chi connectivity index (χ4n) is 1.77. The van der Waals surface area contributed by atoms with Gasteiger partial charge >= 0.3 is 0 Å². The Morgan fingerprint density at radius 3 is 2.76 bits per heavy atom. The van der Waals surface area contributed by atoms with E-state index in [1.807, 2.05) is 7.05 Å². The Balaban J connectivity index is 2.15. The molecule has 0 aliphatic carbocycles. The Morgan fingerprint density at radius 1 is 1.41 bits per heavy atom. The van der Waals surface area contributed by atoms with Crippen molar-refractivity contribution in [3.8, 4) is 0 Å². The van der Waals surface area contributed by atoms with Crippen LogP contribution in [0.2, 0.25) is 5.02 Å². The van der Waals surface area contributed by atoms with Gasteiger partial charge in [-0.05, 0) is 30.7 Å². The summed E-state index contributed by atoms with van der Waals surface area (Å²) in [5, 5.41) is 3.86. The minimum absolute atomic E-state index is 0.00193. The molecule has 1 aromatic rings. The molecular formula is C13H15ClN2O. The van der Waals surface area contributed by atoms with E-state index in [9.17, 15) is 4.79 Å². The van der Waals surface area contributed by atoms with Crippen molar-refractivity contribution in [3.63, 3.8) is 0 Å². The number of rotatable bonds is 2. The lowest BCUT2D eigenvalue weighted by atomic mass is 10.1. The zero-order valence-corrected chi connectivity index (χ0v) is 10.5. The Morgan fingerprint density at radius 2 is 2.12 bits per heavy atom. The van der Waals surface area contributed by atoms with Gasteiger partial charge in [0, 0.05) is 36.8 Å². The molecule has 1 N–H and O–H groups in total. The summed E-state index contributed by atoms with van der Waals surface area (Å²) in [6.45, 7) is 1.90. The molecule has 3 nitrogen and oxygen atoms in total. The summed E-state index contributed by atoms with van der Waals surface area (Å²) in [7, 11) is 1.98. The van der Waals surface area contributed by atoms with Crippen LogP contribution in [0, 0.1) is 0 Å². The quantitative estimate of drug-likeness (QED) is 0.646. The summed E-state index contributed by atoms with van der Waals surface area (Å²) in [5.41, 5.74) is 0.655. The highest BCUT2D eigenvalue weighted by molar-refractivity contribution is 6.30. The third kappa shape index (κ3) is 3.01. The van der Waals surface area contributed by atoms with Gasteiger partial charge in [0.25, 0.3) is 0 Å². The first-order chi connectivity index (χ1) is 8.16. The minimum Gasteiger partial charge on any atom is -0.372 e. The van der Waals surface area contributed by atoms with Gasteiger partial charge in [0.2, 0.25) is 0 Å². The van der Waals surface area contributed by atoms with Crippen molar-refractivity contribution in [2.75, 3.05) is 20.1 Å². The summed E-state index contributed by atoms with van der Waals surface area (Å²) in [6, 6.07) is 6.94. The largest absolute Gasteiger partial charge is 0.372 e. The maximum Gasteiger partial charge on any atom is 0.189 e. The van der Waals surface area contributed by atoms with Gasteiger partial charge < -0.3 is 10.2 Å². The van der Waals surface area contributed by atoms with E-state index in [0.29, 0.717) is 10.6 Å². The topological polar surface area (TPSA) is 32.3 Å². The molecular weight excluding hydrogens is 236 g/mol. The highest BCUT2D eigenvalue weighted by Gasteiger charge is 2.12. The molecule has 0 atom stereocenters. The molecule has 0 spiro atoms. The van der Waals surface area contributed by atoms with Crippen molar-refractivity contribution in [2.24, 2.45) is 0 Å². The van der Waals surface area contributed by atoms with Crippen molar-refractivity contribution in [1.82, 2.24) is 10.2 Å². The highest BCUT2D eigenvalue weighted by atomic mass is 35.5. The molecule has 0 amide bonds. The van der Waals surface area contributed by atoms with Gasteiger partial charge in [-0.15, -0.1) is 0 Å². The van der Waals surface area contributed by atoms with Gasteiger partial charge in [-0.1, -0.05) is 11.6 Å². The van der Waals surface area contributed by atoms with Gasteiger partial charge in [-0.25, -0.2) is 0 Å². The predicted octanol–water partition coefficient (Wildman–Crippen LogP) is 2.29. The molecule has 1 heterocycles. The van der Waals surface area contributed by atoms with E-state index >= 15 is 0 Å². The van der Waals surface area contributed by atoms with Crippen LogP contribution in [-0.4, -0.2) is 30.8 Å². The maximum atomic E-state index is 12.0. The van der Waals surface area contributed by atoms with Crippen LogP contribution in [0.15, 0.2) is 36.2 Å². The number of hydrogen-bond acceptors (Lipinski definition) is 3. The Bertz CT molecular complexity index is 439. The van der Waals surface area contributed by atoms with E-state index in [-0.39, 0.29) is 5.78 Å². The molecule has 90 valence electrons. The molecule has 4 heteroatoms. The molecule has 17 heavy (non-hydrogen) atoms. The van der Waals surface area contributed by atoms with Crippen LogP contribution in [-0.2, 0) is 0 Å². The lowest BCUT2D eigenvalue weighted by Gasteiger charge is -2.28. The minimum atomic E-state index is -0.00193. The number of nitrogens with one attached hydrogen (secondary N) is 1. The number of ketones is 1. The highest BCUT2D eigenvalue weighted by Crippen LogP contribution is 2.12. The Hall–Kier alpha value is -1.48. The summed E-state index contributed by atoms with van der Waals surface area (Å²) < 4.78 is 0. The number of nitrogens with zero attached hydrogens (tertiary/aromatic N) is 1. The van der Waals surface area contributed by atoms with Crippen molar-refractivity contribution >= 4 is 17.4 Å². The maximum absolute atomic E-state index is 12.0. The lowest BCUT2D eigenvalue weighted by molar-refractivity contribution is 0.104. The van der Waals surface area contributed by atoms with E-state index < -0.39 is 0 Å². The Kier molecular flexibility index (Phi) is 3.69. The number of carbonyl (C=O) groups is 1. The molecule has 0 unspecified atom stereocenters. The summed E-state index contributed by atoms with van der Waals surface area (Å²) in [4.78, 5) is 14.0. The molecule has 1 saturated heterocycles. The van der Waals surface area contributed by atoms with Crippen LogP contribution >= 0.6 is 11.6 Å². The first kappa shape index (κ1) is 12.0. The number of allylic oxidation sites excluding steroid dienone is 1. The Labute approximate surface area is 106 Å². The first-order valence-electron chi connectivity index (χ1n) is 5.63. The average molecular weight is 251 g/mol. The molecule has 1 aromatic carbocycles. The number of hydrogen-bond donors (Lipinski definition) is 1. The normalized spacial score (nSPS) is 18.0. The average Bonchev–Trinajstić information content (AvgIpc) is 2.33. The van der Waals surface area contributed by atoms with Gasteiger partial charge in [-0.2, -0.15) is 0 Å². The summed E-state index contributed by atoms with van der Waals surface area (Å²) >= 11 is 5.78. The second kappa shape index (κ2) is 5.23. The fraction of sp³-hybridized carbons (Fsp3) is 0.308. The summed E-state index contributed by atoms with van der Waals surface area (Å²) in [5.74, 6) is 0.883. The van der Waals surface area contributed by atoms with Crippen molar-refractivity contribution in [3.05, 3.63) is 46.7 Å². The van der Waals surface area contributed by atoms with Gasteiger partial charge in [0.1, 0.15) is 5.82 Å². The second-order valence-corrected chi connectivity index (χ2v) is 4.54. The first-order valence-corrected chi connectivity index (χ1v) is 6.01. The summed E-state index contributed by atoms with van der Waals surface area (Å²) in [6.07, 6.45) is 2.74. The van der Waals surface area contributed by atoms with E-state index in [0.717, 1.165) is 25.3 Å². The zero-order valence-electron chi connectivity index (χ0n) is 9.74. The van der Waals surface area contributed by atoms with Gasteiger partial charge in [-0.3, -0.25) is 4.79 Å². The van der Waals surface area contributed by atoms with Crippen LogP contribution in [0.4, 0.5) is 0 Å². The standard InChI is InChI=1S/C13H15ClN2O/c1-16-8-2-7-15-13(16)9-12(17)10-3-5-11(14)6-4-10/h3-6,9,15H,2,7-8H2,1H3/b13-9+. The number of carbonyl (C=O) groups excluding carboxylic acids is 1. The van der Waals surface area contributed by atoms with Crippen molar-refractivity contribution < 1.29 is 4.79 Å². The van der Waals surface area contributed by atoms with Crippen LogP contribution < -0.4 is 5.32 Å². The fourth-order valence-corrected chi connectivity index (χ4v) is 1.90. The lowest BCUT2D eigenvalue weighted by Crippen LogP contribution is -2.37. The third-order valence-electron chi connectivity index (χ3n) is 2.78. The van der Waals surface area contributed by atoms with Gasteiger partial charge in [0.05, 0.1) is 0 Å². The number of benzene rings is 1. The molecule has 0 aromatic heterocycles. The van der Waals surface area contributed by atoms with Crippen LogP contribution in [0.1, 0.15) is 16.8 Å². The van der Waals surface area contributed by atoms with Gasteiger partial charge in [0.15, 0.2) is 5.78 Å². The van der Waals surface area contributed by atoms with Crippen LogP contribution in [0.5, 0.6) is 0 Å². The third-order valence-corrected chi connectivity index (χ3v) is 3.04. The second-order valence-electron chi connectivity index (χ2n) is 4.10. The van der Waals surface area contributed by atoms with Crippen molar-refractivity contribution in [2.45, 2.75) is 6.42 Å². The van der Waals surface area contributed by atoms with E-state index in [1.54, 1.807) is 30.3 Å². The van der Waals surface area contributed by atoms with E-state index in [1.165, 1.54) is 0 Å². The number of halogens is 1. The van der Waals surface area contributed by atoms with E-state index in [4.69, 9.17) is 11.6 Å². The molecule has 1 aliphatic rings. The van der Waals surface area contributed by atoms with Crippen LogP contribution in [0.25, 0.3) is 0 Å². The molecule has 1 aliphatic heterocycles.